The van der Waals surface area contributed by atoms with Crippen molar-refractivity contribution in [1.82, 2.24) is 4.90 Å². The van der Waals surface area contributed by atoms with Crippen molar-refractivity contribution in [3.63, 3.8) is 0 Å². The maximum absolute atomic E-state index is 5.52. The first kappa shape index (κ1) is 9.07. The molecule has 0 amide bonds. The molecule has 0 aliphatic rings. The summed E-state index contributed by atoms with van der Waals surface area (Å²) in [4.78, 5) is 1.94. The summed E-state index contributed by atoms with van der Waals surface area (Å²) in [6.07, 6.45) is 0.890. The lowest BCUT2D eigenvalue weighted by Crippen LogP contribution is -2.21. The van der Waals surface area contributed by atoms with Crippen LogP contribution in [0.1, 0.15) is 6.92 Å². The third-order valence-electron chi connectivity index (χ3n) is 1.64. The van der Waals surface area contributed by atoms with Crippen LogP contribution in [0.5, 0.6) is 5.75 Å². The molecule has 1 aromatic rings. The van der Waals surface area contributed by atoms with E-state index in [1.54, 1.807) is 0 Å². The Labute approximate surface area is 73.8 Å². The van der Waals surface area contributed by atoms with Gasteiger partial charge in [0.25, 0.3) is 0 Å². The van der Waals surface area contributed by atoms with E-state index in [9.17, 15) is 0 Å². The summed E-state index contributed by atoms with van der Waals surface area (Å²) in [6.45, 7) is 1.94. The Hall–Kier alpha value is -1.02. The number of ether oxygens (including phenoxy) is 1. The van der Waals surface area contributed by atoms with Crippen LogP contribution >= 0.6 is 0 Å². The number of rotatable bonds is 3. The van der Waals surface area contributed by atoms with E-state index in [0.717, 1.165) is 12.0 Å². The minimum atomic E-state index is 0.878. The first-order chi connectivity index (χ1) is 5.70. The molecule has 0 heterocycles. The topological polar surface area (TPSA) is 12.5 Å². The van der Waals surface area contributed by atoms with Gasteiger partial charge in [0, 0.05) is 0 Å². The fourth-order valence-electron chi connectivity index (χ4n) is 0.750. The summed E-state index contributed by atoms with van der Waals surface area (Å²) in [5.74, 6) is 0.878. The lowest BCUT2D eigenvalue weighted by molar-refractivity contribution is 0.191. The molecule has 0 fully saturated rings. The molecule has 1 rings (SSSR count). The molecule has 12 heavy (non-hydrogen) atoms. The zero-order valence-corrected chi connectivity index (χ0v) is 7.74. The van der Waals surface area contributed by atoms with E-state index < -0.39 is 0 Å². The van der Waals surface area contributed by atoms with Crippen molar-refractivity contribution in [3.05, 3.63) is 36.6 Å². The highest BCUT2D eigenvalue weighted by molar-refractivity contribution is 5.21. The molecule has 0 aromatic heterocycles. The van der Waals surface area contributed by atoms with Crippen LogP contribution in [0, 0.1) is 6.23 Å². The van der Waals surface area contributed by atoms with Gasteiger partial charge in [-0.2, -0.15) is 0 Å². The van der Waals surface area contributed by atoms with E-state index >= 15 is 0 Å². The van der Waals surface area contributed by atoms with E-state index in [-0.39, 0.29) is 0 Å². The minimum Gasteiger partial charge on any atom is -0.467 e. The van der Waals surface area contributed by atoms with Crippen molar-refractivity contribution >= 4 is 0 Å². The molecule has 0 saturated carbocycles. The molecule has 0 unspecified atom stereocenters. The second kappa shape index (κ2) is 4.12. The van der Waals surface area contributed by atoms with Crippen molar-refractivity contribution in [3.8, 4) is 5.75 Å². The van der Waals surface area contributed by atoms with Gasteiger partial charge in [-0.1, -0.05) is 18.2 Å². The lowest BCUT2D eigenvalue weighted by atomic mass is 10.3. The quantitative estimate of drug-likeness (QED) is 0.678. The number of benzene rings is 1. The summed E-state index contributed by atoms with van der Waals surface area (Å²) in [5.41, 5.74) is 0. The largest absolute Gasteiger partial charge is 0.467 e. The standard InChI is InChI=1S/C10H14NO/c1-9(11(2)3)12-10-7-5-4-6-8-10/h4-8H,1-3H3. The van der Waals surface area contributed by atoms with Crippen LogP contribution in [-0.4, -0.2) is 19.0 Å². The van der Waals surface area contributed by atoms with Crippen molar-refractivity contribution in [1.29, 1.82) is 0 Å². The van der Waals surface area contributed by atoms with Crippen LogP contribution in [0.4, 0.5) is 0 Å². The average Bonchev–Trinajstić information content (AvgIpc) is 2.06. The molecule has 65 valence electrons. The van der Waals surface area contributed by atoms with Crippen LogP contribution in [0.15, 0.2) is 30.3 Å². The van der Waals surface area contributed by atoms with Gasteiger partial charge in [-0.15, -0.1) is 0 Å². The molecule has 1 radical (unpaired) electrons. The smallest absolute Gasteiger partial charge is 0.213 e. The molecule has 2 heteroatoms. The van der Waals surface area contributed by atoms with Gasteiger partial charge < -0.3 is 4.74 Å². The third kappa shape index (κ3) is 2.55. The molecule has 2 nitrogen and oxygen atoms in total. The van der Waals surface area contributed by atoms with Gasteiger partial charge in [0.15, 0.2) is 0 Å². The fraction of sp³-hybridized carbons (Fsp3) is 0.300. The molecule has 0 aliphatic carbocycles. The van der Waals surface area contributed by atoms with Crippen molar-refractivity contribution in [2.75, 3.05) is 14.1 Å². The zero-order chi connectivity index (χ0) is 8.97. The Kier molecular flexibility index (Phi) is 3.11. The van der Waals surface area contributed by atoms with Gasteiger partial charge in [0.1, 0.15) is 5.75 Å². The van der Waals surface area contributed by atoms with Crippen molar-refractivity contribution in [2.45, 2.75) is 6.92 Å². The second-order valence-electron chi connectivity index (χ2n) is 2.83. The molecule has 0 aliphatic heterocycles. The molecular formula is C10H14NO. The Bertz CT molecular complexity index is 221. The molecule has 0 saturated heterocycles. The molecule has 0 spiro atoms. The summed E-state index contributed by atoms with van der Waals surface area (Å²) in [7, 11) is 3.91. The Morgan fingerprint density at radius 1 is 1.17 bits per heavy atom. The molecular weight excluding hydrogens is 150 g/mol. The predicted molar refractivity (Wildman–Crippen MR) is 49.7 cm³/mol. The van der Waals surface area contributed by atoms with Gasteiger partial charge >= 0.3 is 0 Å². The van der Waals surface area contributed by atoms with Crippen LogP contribution in [0.2, 0.25) is 0 Å². The highest BCUT2D eigenvalue weighted by Gasteiger charge is 2.06. The van der Waals surface area contributed by atoms with Gasteiger partial charge in [0.2, 0.25) is 6.23 Å². The van der Waals surface area contributed by atoms with Gasteiger partial charge in [-0.25, -0.2) is 0 Å². The first-order valence-corrected chi connectivity index (χ1v) is 3.94. The van der Waals surface area contributed by atoms with E-state index in [0.29, 0.717) is 0 Å². The Morgan fingerprint density at radius 3 is 2.25 bits per heavy atom. The Balaban J connectivity index is 2.53. The maximum atomic E-state index is 5.52. The SMILES string of the molecule is C[C](Oc1ccccc1)N(C)C. The zero-order valence-electron chi connectivity index (χ0n) is 7.74. The van der Waals surface area contributed by atoms with E-state index in [2.05, 4.69) is 0 Å². The first-order valence-electron chi connectivity index (χ1n) is 3.94. The van der Waals surface area contributed by atoms with Crippen LogP contribution < -0.4 is 4.74 Å². The Morgan fingerprint density at radius 2 is 1.75 bits per heavy atom. The van der Waals surface area contributed by atoms with Gasteiger partial charge in [-0.3, -0.25) is 4.90 Å². The van der Waals surface area contributed by atoms with Crippen LogP contribution in [0.3, 0.4) is 0 Å². The number of para-hydroxylation sites is 1. The number of hydrogen-bond acceptors (Lipinski definition) is 2. The molecule has 0 N–H and O–H groups in total. The lowest BCUT2D eigenvalue weighted by Gasteiger charge is -2.18. The van der Waals surface area contributed by atoms with Crippen molar-refractivity contribution in [2.24, 2.45) is 0 Å². The summed E-state index contributed by atoms with van der Waals surface area (Å²) >= 11 is 0. The van der Waals surface area contributed by atoms with Crippen molar-refractivity contribution < 1.29 is 4.74 Å². The molecule has 1 aromatic carbocycles. The summed E-state index contributed by atoms with van der Waals surface area (Å²) < 4.78 is 5.52. The molecule has 0 bridgehead atoms. The molecule has 0 atom stereocenters. The predicted octanol–water partition coefficient (Wildman–Crippen LogP) is 2.14. The van der Waals surface area contributed by atoms with Gasteiger partial charge in [0.05, 0.1) is 0 Å². The maximum Gasteiger partial charge on any atom is 0.213 e. The van der Waals surface area contributed by atoms with E-state index in [4.69, 9.17) is 4.74 Å². The highest BCUT2D eigenvalue weighted by Crippen LogP contribution is 2.14. The normalized spacial score (nSPS) is 10.8. The second-order valence-corrected chi connectivity index (χ2v) is 2.83. The fourth-order valence-corrected chi connectivity index (χ4v) is 0.750. The number of hydrogen-bond donors (Lipinski definition) is 0. The van der Waals surface area contributed by atoms with Gasteiger partial charge in [-0.05, 0) is 33.2 Å². The van der Waals surface area contributed by atoms with E-state index in [1.165, 1.54) is 0 Å². The minimum absolute atomic E-state index is 0.878. The summed E-state index contributed by atoms with van der Waals surface area (Å²) in [6, 6.07) is 9.76. The third-order valence-corrected chi connectivity index (χ3v) is 1.64. The van der Waals surface area contributed by atoms with E-state index in [1.807, 2.05) is 56.3 Å². The van der Waals surface area contributed by atoms with Crippen LogP contribution in [0.25, 0.3) is 0 Å². The summed E-state index contributed by atoms with van der Waals surface area (Å²) in [5, 5.41) is 0. The number of nitrogens with zero attached hydrogens (tertiary/aromatic N) is 1. The average molecular weight is 164 g/mol. The monoisotopic (exact) mass is 164 g/mol. The van der Waals surface area contributed by atoms with Crippen LogP contribution in [-0.2, 0) is 0 Å². The highest BCUT2D eigenvalue weighted by atomic mass is 16.5.